The number of thioether (sulfide) groups is 1. The predicted octanol–water partition coefficient (Wildman–Crippen LogP) is 1.27. The van der Waals surface area contributed by atoms with E-state index >= 15 is 0 Å². The van der Waals surface area contributed by atoms with Crippen LogP contribution in [0.25, 0.3) is 0 Å². The number of nitrogen functional groups attached to an aromatic ring is 1. The van der Waals surface area contributed by atoms with Crippen molar-refractivity contribution in [2.75, 3.05) is 12.0 Å². The molecule has 0 atom stereocenters. The molecule has 0 amide bonds. The number of nitrogens with zero attached hydrogens (tertiary/aromatic N) is 3. The van der Waals surface area contributed by atoms with Crippen molar-refractivity contribution in [3.8, 4) is 0 Å². The summed E-state index contributed by atoms with van der Waals surface area (Å²) < 4.78 is 0. The van der Waals surface area contributed by atoms with E-state index in [2.05, 4.69) is 21.9 Å². The molecule has 0 aromatic carbocycles. The molecule has 5 heteroatoms. The molecule has 0 fully saturated rings. The van der Waals surface area contributed by atoms with Gasteiger partial charge in [0.1, 0.15) is 11.6 Å². The molecular formula is C8H14N4S. The largest absolute Gasteiger partial charge is 0.368 e. The summed E-state index contributed by atoms with van der Waals surface area (Å²) in [5.41, 5.74) is 5.55. The Morgan fingerprint density at radius 2 is 1.92 bits per heavy atom. The zero-order chi connectivity index (χ0) is 9.68. The van der Waals surface area contributed by atoms with Crippen molar-refractivity contribution in [1.29, 1.82) is 0 Å². The molecule has 0 radical (unpaired) electrons. The Morgan fingerprint density at radius 1 is 1.23 bits per heavy atom. The van der Waals surface area contributed by atoms with Gasteiger partial charge in [0.25, 0.3) is 0 Å². The minimum Gasteiger partial charge on any atom is -0.368 e. The van der Waals surface area contributed by atoms with E-state index in [4.69, 9.17) is 5.73 Å². The topological polar surface area (TPSA) is 64.7 Å². The van der Waals surface area contributed by atoms with E-state index in [0.717, 1.165) is 30.2 Å². The van der Waals surface area contributed by atoms with Crippen molar-refractivity contribution in [2.45, 2.75) is 25.5 Å². The van der Waals surface area contributed by atoms with Crippen LogP contribution in [0.15, 0.2) is 0 Å². The Kier molecular flexibility index (Phi) is 3.95. The summed E-state index contributed by atoms with van der Waals surface area (Å²) in [6.07, 6.45) is 3.91. The molecule has 72 valence electrons. The van der Waals surface area contributed by atoms with Crippen LogP contribution in [0.4, 0.5) is 5.95 Å². The molecule has 0 aliphatic heterocycles. The third kappa shape index (κ3) is 3.18. The monoisotopic (exact) mass is 198 g/mol. The lowest BCUT2D eigenvalue weighted by atomic mass is 10.3. The molecule has 2 N–H and O–H groups in total. The van der Waals surface area contributed by atoms with Gasteiger partial charge in [-0.25, -0.2) is 4.98 Å². The van der Waals surface area contributed by atoms with Crippen LogP contribution in [0, 0.1) is 0 Å². The van der Waals surface area contributed by atoms with Crippen LogP contribution in [0.1, 0.15) is 25.0 Å². The van der Waals surface area contributed by atoms with Crippen molar-refractivity contribution in [2.24, 2.45) is 0 Å². The van der Waals surface area contributed by atoms with Gasteiger partial charge in [-0.15, -0.1) is 0 Å². The third-order valence-corrected chi connectivity index (χ3v) is 2.04. The van der Waals surface area contributed by atoms with Gasteiger partial charge < -0.3 is 5.73 Å². The zero-order valence-corrected chi connectivity index (χ0v) is 8.77. The number of nitrogens with two attached hydrogens (primary N) is 1. The van der Waals surface area contributed by atoms with E-state index in [0.29, 0.717) is 5.95 Å². The second kappa shape index (κ2) is 5.01. The Hall–Kier alpha value is -0.840. The van der Waals surface area contributed by atoms with Crippen LogP contribution in [-0.2, 0) is 12.2 Å². The summed E-state index contributed by atoms with van der Waals surface area (Å²) in [5, 5.41) is 0. The molecule has 1 aromatic heterocycles. The summed E-state index contributed by atoms with van der Waals surface area (Å²) in [7, 11) is 0. The predicted molar refractivity (Wildman–Crippen MR) is 55.5 cm³/mol. The van der Waals surface area contributed by atoms with Crippen molar-refractivity contribution in [1.82, 2.24) is 15.0 Å². The number of aryl methyl sites for hydroxylation is 1. The minimum atomic E-state index is 0.336. The molecule has 0 spiro atoms. The van der Waals surface area contributed by atoms with Crippen LogP contribution in [0.2, 0.25) is 0 Å². The Balaban J connectivity index is 2.83. The molecule has 1 rings (SSSR count). The second-order valence-corrected chi connectivity index (χ2v) is 3.58. The molecule has 13 heavy (non-hydrogen) atoms. The summed E-state index contributed by atoms with van der Waals surface area (Å²) in [4.78, 5) is 12.4. The van der Waals surface area contributed by atoms with Gasteiger partial charge >= 0.3 is 0 Å². The molecular weight excluding hydrogens is 184 g/mol. The van der Waals surface area contributed by atoms with Crippen LogP contribution < -0.4 is 5.73 Å². The van der Waals surface area contributed by atoms with Gasteiger partial charge in [-0.05, 0) is 12.7 Å². The molecule has 0 unspecified atom stereocenters. The third-order valence-electron chi connectivity index (χ3n) is 1.49. The fourth-order valence-corrected chi connectivity index (χ4v) is 1.40. The highest BCUT2D eigenvalue weighted by Crippen LogP contribution is 2.06. The normalized spacial score (nSPS) is 10.3. The second-order valence-electron chi connectivity index (χ2n) is 2.71. The maximum Gasteiger partial charge on any atom is 0.223 e. The maximum absolute atomic E-state index is 5.55. The highest BCUT2D eigenvalue weighted by molar-refractivity contribution is 7.97. The molecule has 1 aromatic rings. The van der Waals surface area contributed by atoms with Crippen molar-refractivity contribution >= 4 is 17.7 Å². The van der Waals surface area contributed by atoms with Gasteiger partial charge in [0.15, 0.2) is 0 Å². The van der Waals surface area contributed by atoms with E-state index < -0.39 is 0 Å². The van der Waals surface area contributed by atoms with Gasteiger partial charge in [0, 0.05) is 6.42 Å². The first kappa shape index (κ1) is 10.2. The smallest absolute Gasteiger partial charge is 0.223 e. The van der Waals surface area contributed by atoms with E-state index in [-0.39, 0.29) is 0 Å². The van der Waals surface area contributed by atoms with Gasteiger partial charge in [-0.1, -0.05) is 6.92 Å². The lowest BCUT2D eigenvalue weighted by Gasteiger charge is -2.01. The average molecular weight is 198 g/mol. The molecule has 0 saturated heterocycles. The summed E-state index contributed by atoms with van der Waals surface area (Å²) in [5.74, 6) is 2.72. The number of hydrogen-bond acceptors (Lipinski definition) is 5. The van der Waals surface area contributed by atoms with Crippen LogP contribution in [-0.4, -0.2) is 21.2 Å². The van der Waals surface area contributed by atoms with Crippen molar-refractivity contribution in [3.05, 3.63) is 11.6 Å². The minimum absolute atomic E-state index is 0.336. The number of rotatable bonds is 4. The maximum atomic E-state index is 5.55. The fourth-order valence-electron chi connectivity index (χ4n) is 1.02. The van der Waals surface area contributed by atoms with Crippen LogP contribution >= 0.6 is 11.8 Å². The number of hydrogen-bond donors (Lipinski definition) is 1. The molecule has 0 aliphatic carbocycles. The average Bonchev–Trinajstić information content (AvgIpc) is 2.04. The van der Waals surface area contributed by atoms with E-state index in [1.807, 2.05) is 6.26 Å². The quantitative estimate of drug-likeness (QED) is 0.789. The van der Waals surface area contributed by atoms with Gasteiger partial charge in [-0.3, -0.25) is 0 Å². The number of anilines is 1. The first-order valence-electron chi connectivity index (χ1n) is 4.24. The van der Waals surface area contributed by atoms with Crippen LogP contribution in [0.5, 0.6) is 0 Å². The van der Waals surface area contributed by atoms with Gasteiger partial charge in [0.05, 0.1) is 5.75 Å². The summed E-state index contributed by atoms with van der Waals surface area (Å²) in [6, 6.07) is 0. The number of aromatic nitrogens is 3. The van der Waals surface area contributed by atoms with Crippen molar-refractivity contribution < 1.29 is 0 Å². The lowest BCUT2D eigenvalue weighted by molar-refractivity contribution is 0.802. The fraction of sp³-hybridized carbons (Fsp3) is 0.625. The van der Waals surface area contributed by atoms with Crippen LogP contribution in [0.3, 0.4) is 0 Å². The molecule has 0 aliphatic rings. The van der Waals surface area contributed by atoms with E-state index in [1.165, 1.54) is 0 Å². The summed E-state index contributed by atoms with van der Waals surface area (Å²) >= 11 is 1.68. The van der Waals surface area contributed by atoms with Crippen molar-refractivity contribution in [3.63, 3.8) is 0 Å². The highest BCUT2D eigenvalue weighted by atomic mass is 32.2. The van der Waals surface area contributed by atoms with Gasteiger partial charge in [0.2, 0.25) is 5.95 Å². The van der Waals surface area contributed by atoms with E-state index in [9.17, 15) is 0 Å². The Bertz CT molecular complexity index is 253. The zero-order valence-electron chi connectivity index (χ0n) is 7.95. The molecule has 4 nitrogen and oxygen atoms in total. The summed E-state index contributed by atoms with van der Waals surface area (Å²) in [6.45, 7) is 2.09. The molecule has 0 saturated carbocycles. The Morgan fingerprint density at radius 3 is 2.54 bits per heavy atom. The lowest BCUT2D eigenvalue weighted by Crippen LogP contribution is -2.06. The standard InChI is InChI=1S/C8H14N4S/c1-3-4-6-10-7(5-13-2)12-8(9)11-6/h3-5H2,1-2H3,(H2,9,10,11,12). The first-order valence-corrected chi connectivity index (χ1v) is 5.64. The van der Waals surface area contributed by atoms with Gasteiger partial charge in [-0.2, -0.15) is 21.7 Å². The molecule has 0 bridgehead atoms. The van der Waals surface area contributed by atoms with E-state index in [1.54, 1.807) is 11.8 Å². The first-order chi connectivity index (χ1) is 6.26. The highest BCUT2D eigenvalue weighted by Gasteiger charge is 2.02. The SMILES string of the molecule is CCCc1nc(N)nc(CSC)n1. The molecule has 1 heterocycles. The Labute approximate surface area is 82.4 Å².